The van der Waals surface area contributed by atoms with Crippen molar-refractivity contribution in [2.75, 3.05) is 5.73 Å². The summed E-state index contributed by atoms with van der Waals surface area (Å²) in [7, 11) is 0. The first-order chi connectivity index (χ1) is 14.1. The van der Waals surface area contributed by atoms with Gasteiger partial charge in [-0.2, -0.15) is 0 Å². The van der Waals surface area contributed by atoms with Gasteiger partial charge in [0.05, 0.1) is 24.1 Å². The van der Waals surface area contributed by atoms with Crippen LogP contribution in [0.15, 0.2) is 61.2 Å². The molecule has 6 heteroatoms. The van der Waals surface area contributed by atoms with Gasteiger partial charge < -0.3 is 10.3 Å². The quantitative estimate of drug-likeness (QED) is 0.505. The fourth-order valence-electron chi connectivity index (χ4n) is 3.75. The predicted molar refractivity (Wildman–Crippen MR) is 115 cm³/mol. The van der Waals surface area contributed by atoms with E-state index in [4.69, 9.17) is 10.7 Å². The maximum absolute atomic E-state index is 5.95. The van der Waals surface area contributed by atoms with Crippen molar-refractivity contribution >= 4 is 27.9 Å². The lowest BCUT2D eigenvalue weighted by Crippen LogP contribution is -2.04. The number of hydrogen-bond donors (Lipinski definition) is 1. The summed E-state index contributed by atoms with van der Waals surface area (Å²) in [4.78, 5) is 17.9. The van der Waals surface area contributed by atoms with Crippen molar-refractivity contribution in [1.29, 1.82) is 0 Å². The molecule has 3 heterocycles. The van der Waals surface area contributed by atoms with E-state index in [0.717, 1.165) is 38.9 Å². The Morgan fingerprint density at radius 2 is 1.79 bits per heavy atom. The van der Waals surface area contributed by atoms with Gasteiger partial charge in [-0.25, -0.2) is 19.9 Å². The molecule has 0 atom stereocenters. The first-order valence-electron chi connectivity index (χ1n) is 9.48. The molecule has 6 nitrogen and oxygen atoms in total. The highest BCUT2D eigenvalue weighted by molar-refractivity contribution is 5.86. The number of nitrogens with zero attached hydrogens (tertiary/aromatic N) is 5. The second-order valence-electron chi connectivity index (χ2n) is 7.32. The molecule has 5 rings (SSSR count). The van der Waals surface area contributed by atoms with E-state index in [-0.39, 0.29) is 0 Å². The van der Waals surface area contributed by atoms with Crippen molar-refractivity contribution in [1.82, 2.24) is 24.5 Å². The predicted octanol–water partition coefficient (Wildman–Crippen LogP) is 4.29. The van der Waals surface area contributed by atoms with Gasteiger partial charge in [0.1, 0.15) is 11.8 Å². The van der Waals surface area contributed by atoms with E-state index in [0.29, 0.717) is 17.9 Å². The van der Waals surface area contributed by atoms with Gasteiger partial charge in [-0.1, -0.05) is 42.0 Å². The smallest absolute Gasteiger partial charge is 0.165 e. The number of nitrogen functional groups attached to an aromatic ring is 1. The Balaban J connectivity index is 1.73. The van der Waals surface area contributed by atoms with Crippen molar-refractivity contribution < 1.29 is 0 Å². The molecule has 0 aliphatic carbocycles. The molecular weight excluding hydrogens is 360 g/mol. The van der Waals surface area contributed by atoms with E-state index in [9.17, 15) is 0 Å². The third-order valence-corrected chi connectivity index (χ3v) is 5.19. The standard InChI is InChI=1S/C23H20N6/c1-14-5-3-7-16(9-14)20-18(10-17-8-4-6-15(2)19(17)28-20)11-29-13-27-21-22(24)25-12-26-23(21)29/h3-10,12-13H,11H2,1-2H3,(H2,24,25,26). The molecule has 0 unspecified atom stereocenters. The van der Waals surface area contributed by atoms with Crippen LogP contribution in [0.2, 0.25) is 0 Å². The van der Waals surface area contributed by atoms with Gasteiger partial charge in [-0.15, -0.1) is 0 Å². The first-order valence-corrected chi connectivity index (χ1v) is 9.48. The van der Waals surface area contributed by atoms with Crippen LogP contribution >= 0.6 is 0 Å². The van der Waals surface area contributed by atoms with Crippen molar-refractivity contribution in [2.45, 2.75) is 20.4 Å². The first kappa shape index (κ1) is 17.3. The van der Waals surface area contributed by atoms with Crippen molar-refractivity contribution in [3.05, 3.63) is 77.9 Å². The van der Waals surface area contributed by atoms with Crippen LogP contribution in [0, 0.1) is 13.8 Å². The molecule has 0 amide bonds. The lowest BCUT2D eigenvalue weighted by atomic mass is 10.0. The minimum Gasteiger partial charge on any atom is -0.382 e. The van der Waals surface area contributed by atoms with Gasteiger partial charge in [0.2, 0.25) is 0 Å². The summed E-state index contributed by atoms with van der Waals surface area (Å²) in [5, 5.41) is 1.12. The number of pyridine rings is 1. The number of rotatable bonds is 3. The Hall–Kier alpha value is -3.80. The Bertz CT molecular complexity index is 1370. The van der Waals surface area contributed by atoms with Crippen molar-refractivity contribution in [2.24, 2.45) is 0 Å². The maximum Gasteiger partial charge on any atom is 0.165 e. The summed E-state index contributed by atoms with van der Waals surface area (Å²) in [5.74, 6) is 0.389. The molecule has 142 valence electrons. The molecule has 5 aromatic rings. The van der Waals surface area contributed by atoms with E-state index in [2.05, 4.69) is 77.3 Å². The monoisotopic (exact) mass is 380 g/mol. The zero-order valence-corrected chi connectivity index (χ0v) is 16.3. The van der Waals surface area contributed by atoms with Gasteiger partial charge in [-0.3, -0.25) is 0 Å². The minimum absolute atomic E-state index is 0.389. The maximum atomic E-state index is 5.95. The highest BCUT2D eigenvalue weighted by Crippen LogP contribution is 2.29. The highest BCUT2D eigenvalue weighted by Gasteiger charge is 2.14. The normalized spacial score (nSPS) is 11.4. The number of nitrogens with two attached hydrogens (primary N) is 1. The molecule has 2 N–H and O–H groups in total. The molecule has 3 aromatic heterocycles. The van der Waals surface area contributed by atoms with Crippen LogP contribution in [0.1, 0.15) is 16.7 Å². The molecule has 0 saturated carbocycles. The zero-order chi connectivity index (χ0) is 20.0. The van der Waals surface area contributed by atoms with E-state index < -0.39 is 0 Å². The minimum atomic E-state index is 0.389. The number of imidazole rings is 1. The second kappa shape index (κ2) is 6.67. The lowest BCUT2D eigenvalue weighted by Gasteiger charge is -2.14. The molecule has 2 aromatic carbocycles. The van der Waals surface area contributed by atoms with Crippen LogP contribution < -0.4 is 5.73 Å². The van der Waals surface area contributed by atoms with Gasteiger partial charge in [0, 0.05) is 10.9 Å². The highest BCUT2D eigenvalue weighted by atomic mass is 15.1. The third kappa shape index (κ3) is 2.99. The van der Waals surface area contributed by atoms with Gasteiger partial charge in [0.25, 0.3) is 0 Å². The average Bonchev–Trinajstić information content (AvgIpc) is 3.12. The lowest BCUT2D eigenvalue weighted by molar-refractivity contribution is 0.812. The summed E-state index contributed by atoms with van der Waals surface area (Å²) < 4.78 is 1.99. The Morgan fingerprint density at radius 1 is 0.931 bits per heavy atom. The number of benzene rings is 2. The van der Waals surface area contributed by atoms with E-state index in [1.165, 1.54) is 11.9 Å². The average molecular weight is 380 g/mol. The van der Waals surface area contributed by atoms with Gasteiger partial charge >= 0.3 is 0 Å². The van der Waals surface area contributed by atoms with Crippen LogP contribution in [0.25, 0.3) is 33.3 Å². The van der Waals surface area contributed by atoms with Gasteiger partial charge in [0.15, 0.2) is 11.5 Å². The molecule has 29 heavy (non-hydrogen) atoms. The number of para-hydroxylation sites is 1. The second-order valence-corrected chi connectivity index (χ2v) is 7.32. The number of hydrogen-bond acceptors (Lipinski definition) is 5. The summed E-state index contributed by atoms with van der Waals surface area (Å²) in [6.07, 6.45) is 3.23. The molecule has 0 spiro atoms. The molecule has 0 bridgehead atoms. The molecule has 0 aliphatic rings. The number of aryl methyl sites for hydroxylation is 2. The Labute approximate surface area is 168 Å². The van der Waals surface area contributed by atoms with Crippen LogP contribution in [-0.2, 0) is 6.54 Å². The van der Waals surface area contributed by atoms with Crippen LogP contribution in [-0.4, -0.2) is 24.5 Å². The molecule has 0 radical (unpaired) electrons. The van der Waals surface area contributed by atoms with Gasteiger partial charge in [-0.05, 0) is 37.1 Å². The van der Waals surface area contributed by atoms with Crippen molar-refractivity contribution in [3.8, 4) is 11.3 Å². The number of anilines is 1. The molecular formula is C23H20N6. The third-order valence-electron chi connectivity index (χ3n) is 5.19. The largest absolute Gasteiger partial charge is 0.382 e. The SMILES string of the molecule is Cc1cccc(-c2nc3c(C)cccc3cc2Cn2cnc3c(N)ncnc32)c1. The zero-order valence-electron chi connectivity index (χ0n) is 16.3. The summed E-state index contributed by atoms with van der Waals surface area (Å²) in [6, 6.07) is 16.9. The fraction of sp³-hybridized carbons (Fsp3) is 0.130. The fourth-order valence-corrected chi connectivity index (χ4v) is 3.75. The van der Waals surface area contributed by atoms with Crippen molar-refractivity contribution in [3.63, 3.8) is 0 Å². The number of fused-ring (bicyclic) bond motifs is 2. The summed E-state index contributed by atoms with van der Waals surface area (Å²) in [5.41, 5.74) is 13.9. The topological polar surface area (TPSA) is 82.5 Å². The summed E-state index contributed by atoms with van der Waals surface area (Å²) in [6.45, 7) is 4.78. The Kier molecular flexibility index (Phi) is 3.98. The van der Waals surface area contributed by atoms with Crippen LogP contribution in [0.3, 0.4) is 0 Å². The van der Waals surface area contributed by atoms with E-state index in [1.807, 2.05) is 4.57 Å². The number of aromatic nitrogens is 5. The van der Waals surface area contributed by atoms with Crippen LogP contribution in [0.5, 0.6) is 0 Å². The molecule has 0 fully saturated rings. The van der Waals surface area contributed by atoms with Crippen LogP contribution in [0.4, 0.5) is 5.82 Å². The van der Waals surface area contributed by atoms with E-state index >= 15 is 0 Å². The Morgan fingerprint density at radius 3 is 2.66 bits per heavy atom. The summed E-state index contributed by atoms with van der Waals surface area (Å²) >= 11 is 0. The molecule has 0 aliphatic heterocycles. The molecule has 0 saturated heterocycles. The van der Waals surface area contributed by atoms with E-state index in [1.54, 1.807) is 6.33 Å².